The van der Waals surface area contributed by atoms with Gasteiger partial charge in [0.2, 0.25) is 0 Å². The number of anilines is 2. The predicted molar refractivity (Wildman–Crippen MR) is 71.9 cm³/mol. The third-order valence-electron chi connectivity index (χ3n) is 2.77. The highest BCUT2D eigenvalue weighted by Crippen LogP contribution is 2.24. The van der Waals surface area contributed by atoms with Crippen molar-refractivity contribution in [3.63, 3.8) is 0 Å². The molecular formula is C14H17N3. The van der Waals surface area contributed by atoms with Crippen molar-refractivity contribution in [1.82, 2.24) is 4.98 Å². The summed E-state index contributed by atoms with van der Waals surface area (Å²) in [4.78, 5) is 4.12. The van der Waals surface area contributed by atoms with Crippen molar-refractivity contribution >= 4 is 11.4 Å². The topological polar surface area (TPSA) is 50.9 Å². The number of hydrogen-bond acceptors (Lipinski definition) is 3. The number of aryl methyl sites for hydroxylation is 1. The van der Waals surface area contributed by atoms with Crippen LogP contribution in [0.3, 0.4) is 0 Å². The zero-order valence-corrected chi connectivity index (χ0v) is 10.1. The van der Waals surface area contributed by atoms with Crippen LogP contribution in [0.15, 0.2) is 42.7 Å². The second kappa shape index (κ2) is 4.87. The lowest BCUT2D eigenvalue weighted by molar-refractivity contribution is 0.876. The maximum atomic E-state index is 5.94. The summed E-state index contributed by atoms with van der Waals surface area (Å²) in [7, 11) is 0. The fourth-order valence-corrected chi connectivity index (χ4v) is 1.74. The summed E-state index contributed by atoms with van der Waals surface area (Å²) < 4.78 is 0. The summed E-state index contributed by atoms with van der Waals surface area (Å²) >= 11 is 0. The smallest absolute Gasteiger partial charge is 0.0581 e. The Hall–Kier alpha value is -2.03. The van der Waals surface area contributed by atoms with Crippen LogP contribution in [0.5, 0.6) is 0 Å². The van der Waals surface area contributed by atoms with Gasteiger partial charge in [0.05, 0.1) is 17.4 Å². The van der Waals surface area contributed by atoms with E-state index >= 15 is 0 Å². The summed E-state index contributed by atoms with van der Waals surface area (Å²) in [5.74, 6) is 0. The van der Waals surface area contributed by atoms with Crippen molar-refractivity contribution < 1.29 is 0 Å². The molecule has 0 spiro atoms. The Balaban J connectivity index is 2.18. The van der Waals surface area contributed by atoms with Crippen LogP contribution in [0.25, 0.3) is 0 Å². The highest BCUT2D eigenvalue weighted by atomic mass is 14.9. The molecule has 1 aromatic heterocycles. The molecule has 0 aliphatic rings. The van der Waals surface area contributed by atoms with Gasteiger partial charge in [-0.05, 0) is 43.2 Å². The summed E-state index contributed by atoms with van der Waals surface area (Å²) in [5.41, 5.74) is 10.0. The van der Waals surface area contributed by atoms with Crippen LogP contribution in [0, 0.1) is 6.92 Å². The maximum Gasteiger partial charge on any atom is 0.0581 e. The van der Waals surface area contributed by atoms with Crippen molar-refractivity contribution in [2.24, 2.45) is 0 Å². The van der Waals surface area contributed by atoms with E-state index in [1.807, 2.05) is 24.4 Å². The molecule has 3 N–H and O–H groups in total. The first kappa shape index (κ1) is 11.5. The molecule has 1 aromatic carbocycles. The van der Waals surface area contributed by atoms with Crippen LogP contribution in [0.1, 0.15) is 24.1 Å². The van der Waals surface area contributed by atoms with Gasteiger partial charge in [0.25, 0.3) is 0 Å². The minimum Gasteiger partial charge on any atom is -0.397 e. The lowest BCUT2D eigenvalue weighted by Crippen LogP contribution is -2.08. The minimum absolute atomic E-state index is 0.188. The number of nitrogens with zero attached hydrogens (tertiary/aromatic N) is 1. The van der Waals surface area contributed by atoms with Gasteiger partial charge in [-0.25, -0.2) is 0 Å². The average Bonchev–Trinajstić information content (AvgIpc) is 2.35. The Kier molecular flexibility index (Phi) is 3.28. The van der Waals surface area contributed by atoms with Crippen molar-refractivity contribution in [2.75, 3.05) is 11.1 Å². The Morgan fingerprint density at radius 1 is 1.29 bits per heavy atom. The normalized spacial score (nSPS) is 12.1. The van der Waals surface area contributed by atoms with Crippen LogP contribution in [-0.4, -0.2) is 4.98 Å². The number of nitrogens with one attached hydrogen (secondary N) is 1. The number of nitrogens with two attached hydrogens (primary N) is 1. The first-order valence-electron chi connectivity index (χ1n) is 5.69. The van der Waals surface area contributed by atoms with Crippen molar-refractivity contribution in [3.8, 4) is 0 Å². The molecule has 1 atom stereocenters. The molecule has 2 rings (SSSR count). The maximum absolute atomic E-state index is 5.94. The molecular weight excluding hydrogens is 210 g/mol. The Labute approximate surface area is 102 Å². The van der Waals surface area contributed by atoms with Gasteiger partial charge in [-0.15, -0.1) is 0 Å². The molecule has 0 saturated heterocycles. The highest BCUT2D eigenvalue weighted by molar-refractivity contribution is 5.67. The molecule has 0 radical (unpaired) electrons. The standard InChI is InChI=1S/C14H17N3/c1-10-5-6-13(15)14(8-10)17-11(2)12-4-3-7-16-9-12/h3-9,11,17H,15H2,1-2H3. The Bertz CT molecular complexity index is 494. The van der Waals surface area contributed by atoms with Crippen molar-refractivity contribution in [3.05, 3.63) is 53.9 Å². The van der Waals surface area contributed by atoms with E-state index in [9.17, 15) is 0 Å². The average molecular weight is 227 g/mol. The van der Waals surface area contributed by atoms with E-state index in [2.05, 4.69) is 36.3 Å². The van der Waals surface area contributed by atoms with Gasteiger partial charge < -0.3 is 11.1 Å². The molecule has 2 aromatic rings. The summed E-state index contributed by atoms with van der Waals surface area (Å²) in [6.45, 7) is 4.15. The van der Waals surface area contributed by atoms with E-state index in [1.165, 1.54) is 5.56 Å². The molecule has 3 heteroatoms. The van der Waals surface area contributed by atoms with Crippen LogP contribution in [0.4, 0.5) is 11.4 Å². The summed E-state index contributed by atoms with van der Waals surface area (Å²) in [6, 6.07) is 10.2. The van der Waals surface area contributed by atoms with E-state index < -0.39 is 0 Å². The van der Waals surface area contributed by atoms with E-state index in [0.29, 0.717) is 0 Å². The monoisotopic (exact) mass is 227 g/mol. The molecule has 0 saturated carbocycles. The Morgan fingerprint density at radius 3 is 2.82 bits per heavy atom. The molecule has 88 valence electrons. The van der Waals surface area contributed by atoms with E-state index in [4.69, 9.17) is 5.73 Å². The molecule has 0 aliphatic heterocycles. The fourth-order valence-electron chi connectivity index (χ4n) is 1.74. The molecule has 0 bridgehead atoms. The van der Waals surface area contributed by atoms with E-state index in [1.54, 1.807) is 6.20 Å². The zero-order chi connectivity index (χ0) is 12.3. The van der Waals surface area contributed by atoms with Crippen LogP contribution >= 0.6 is 0 Å². The van der Waals surface area contributed by atoms with Crippen molar-refractivity contribution in [1.29, 1.82) is 0 Å². The predicted octanol–water partition coefficient (Wildman–Crippen LogP) is 3.15. The van der Waals surface area contributed by atoms with Gasteiger partial charge in [-0.1, -0.05) is 12.1 Å². The largest absolute Gasteiger partial charge is 0.397 e. The van der Waals surface area contributed by atoms with Crippen LogP contribution in [-0.2, 0) is 0 Å². The lowest BCUT2D eigenvalue weighted by Gasteiger charge is -2.17. The van der Waals surface area contributed by atoms with Gasteiger partial charge in [0.15, 0.2) is 0 Å². The quantitative estimate of drug-likeness (QED) is 0.792. The number of benzene rings is 1. The molecule has 3 nitrogen and oxygen atoms in total. The van der Waals surface area contributed by atoms with E-state index in [-0.39, 0.29) is 6.04 Å². The Morgan fingerprint density at radius 2 is 2.12 bits per heavy atom. The number of nitrogen functional groups attached to an aromatic ring is 1. The lowest BCUT2D eigenvalue weighted by atomic mass is 10.1. The number of pyridine rings is 1. The van der Waals surface area contributed by atoms with Crippen LogP contribution in [0.2, 0.25) is 0 Å². The fraction of sp³-hybridized carbons (Fsp3) is 0.214. The SMILES string of the molecule is Cc1ccc(N)c(NC(C)c2cccnc2)c1. The zero-order valence-electron chi connectivity index (χ0n) is 10.1. The van der Waals surface area contributed by atoms with Gasteiger partial charge in [-0.3, -0.25) is 4.98 Å². The molecule has 0 amide bonds. The molecule has 17 heavy (non-hydrogen) atoms. The number of hydrogen-bond donors (Lipinski definition) is 2. The second-order valence-electron chi connectivity index (χ2n) is 4.24. The third-order valence-corrected chi connectivity index (χ3v) is 2.77. The summed E-state index contributed by atoms with van der Waals surface area (Å²) in [6.07, 6.45) is 3.64. The number of aromatic nitrogens is 1. The third kappa shape index (κ3) is 2.75. The summed E-state index contributed by atoms with van der Waals surface area (Å²) in [5, 5.41) is 3.40. The van der Waals surface area contributed by atoms with Gasteiger partial charge in [0.1, 0.15) is 0 Å². The molecule has 0 aliphatic carbocycles. The van der Waals surface area contributed by atoms with E-state index in [0.717, 1.165) is 16.9 Å². The highest BCUT2D eigenvalue weighted by Gasteiger charge is 2.07. The first-order chi connectivity index (χ1) is 8.16. The number of rotatable bonds is 3. The molecule has 1 unspecified atom stereocenters. The minimum atomic E-state index is 0.188. The van der Waals surface area contributed by atoms with Gasteiger partial charge >= 0.3 is 0 Å². The van der Waals surface area contributed by atoms with Crippen molar-refractivity contribution in [2.45, 2.75) is 19.9 Å². The first-order valence-corrected chi connectivity index (χ1v) is 5.69. The second-order valence-corrected chi connectivity index (χ2v) is 4.24. The van der Waals surface area contributed by atoms with Gasteiger partial charge in [-0.2, -0.15) is 0 Å². The molecule has 0 fully saturated rings. The van der Waals surface area contributed by atoms with Crippen LogP contribution < -0.4 is 11.1 Å². The molecule has 1 heterocycles. The van der Waals surface area contributed by atoms with Gasteiger partial charge in [0, 0.05) is 12.4 Å².